The zero-order valence-electron chi connectivity index (χ0n) is 24.0. The SMILES string of the molecule is Cc1c(C(=O)NC2CCC2)cn(-c2ccc(S(=O)NC(C)(C)C)c(C(C)(C)C)c2)c1CC1CCCCC1. The van der Waals surface area contributed by atoms with E-state index in [9.17, 15) is 9.00 Å². The molecule has 6 heteroatoms. The summed E-state index contributed by atoms with van der Waals surface area (Å²) in [6, 6.07) is 6.59. The van der Waals surface area contributed by atoms with Gasteiger partial charge in [0.05, 0.1) is 10.5 Å². The summed E-state index contributed by atoms with van der Waals surface area (Å²) >= 11 is 0. The second kappa shape index (κ2) is 11.1. The minimum absolute atomic E-state index is 0.0500. The van der Waals surface area contributed by atoms with Crippen LogP contribution >= 0.6 is 0 Å². The normalized spacial score (nSPS) is 18.5. The van der Waals surface area contributed by atoms with E-state index in [-0.39, 0.29) is 16.9 Å². The third kappa shape index (κ3) is 6.75. The zero-order valence-corrected chi connectivity index (χ0v) is 24.8. The molecule has 37 heavy (non-hydrogen) atoms. The standard InChI is InChI=1S/C31H47N3O2S/c1-21-25(29(35)32-23-14-11-15-23)20-34(27(21)18-22-12-9-8-10-13-22)24-16-17-28(26(19-24)30(2,3)4)37(36)33-31(5,6)7/h16-17,19-20,22-23,33H,8-15,18H2,1-7H3,(H,32,35). The Bertz CT molecular complexity index is 1140. The second-order valence-electron chi connectivity index (χ2n) is 13.3. The molecule has 0 saturated heterocycles. The fourth-order valence-corrected chi connectivity index (χ4v) is 7.00. The van der Waals surface area contributed by atoms with E-state index in [2.05, 4.69) is 54.4 Å². The number of hydrogen-bond donors (Lipinski definition) is 2. The van der Waals surface area contributed by atoms with Gasteiger partial charge in [0, 0.05) is 29.2 Å². The third-order valence-electron chi connectivity index (χ3n) is 7.93. The number of rotatable bonds is 7. The van der Waals surface area contributed by atoms with Crippen LogP contribution < -0.4 is 10.0 Å². The minimum atomic E-state index is -1.32. The summed E-state index contributed by atoms with van der Waals surface area (Å²) in [5.41, 5.74) is 4.79. The van der Waals surface area contributed by atoms with Gasteiger partial charge in [-0.1, -0.05) is 52.9 Å². The fourth-order valence-electron chi connectivity index (χ4n) is 5.58. The highest BCUT2D eigenvalue weighted by Gasteiger charge is 2.28. The molecule has 0 bridgehead atoms. The first-order chi connectivity index (χ1) is 17.3. The lowest BCUT2D eigenvalue weighted by Crippen LogP contribution is -2.39. The average molecular weight is 526 g/mol. The molecular formula is C31H47N3O2S. The van der Waals surface area contributed by atoms with Gasteiger partial charge in [-0.05, 0) is 94.0 Å². The molecule has 0 aliphatic heterocycles. The predicted molar refractivity (Wildman–Crippen MR) is 154 cm³/mol. The number of nitrogens with zero attached hydrogens (tertiary/aromatic N) is 1. The van der Waals surface area contributed by atoms with Gasteiger partial charge >= 0.3 is 0 Å². The summed E-state index contributed by atoms with van der Waals surface area (Å²) in [5, 5.41) is 3.25. The molecule has 5 nitrogen and oxygen atoms in total. The van der Waals surface area contributed by atoms with Crippen molar-refractivity contribution in [3.05, 3.63) is 46.8 Å². The van der Waals surface area contributed by atoms with Crippen LogP contribution in [-0.4, -0.2) is 26.3 Å². The molecule has 204 valence electrons. The van der Waals surface area contributed by atoms with E-state index in [0.717, 1.165) is 46.5 Å². The molecule has 4 rings (SSSR count). The number of benzene rings is 1. The van der Waals surface area contributed by atoms with E-state index in [1.807, 2.05) is 33.0 Å². The van der Waals surface area contributed by atoms with Crippen LogP contribution in [0, 0.1) is 12.8 Å². The summed E-state index contributed by atoms with van der Waals surface area (Å²) in [5.74, 6) is 0.711. The van der Waals surface area contributed by atoms with Crippen molar-refractivity contribution < 1.29 is 9.00 Å². The Kier molecular flexibility index (Phi) is 8.40. The summed E-state index contributed by atoms with van der Waals surface area (Å²) in [6.07, 6.45) is 12.9. The van der Waals surface area contributed by atoms with Crippen molar-refractivity contribution in [2.45, 2.75) is 128 Å². The van der Waals surface area contributed by atoms with E-state index in [1.165, 1.54) is 44.2 Å². The molecule has 1 unspecified atom stereocenters. The second-order valence-corrected chi connectivity index (χ2v) is 14.5. The maximum absolute atomic E-state index is 13.3. The van der Waals surface area contributed by atoms with Crippen molar-refractivity contribution in [2.24, 2.45) is 5.92 Å². The molecule has 0 radical (unpaired) electrons. The van der Waals surface area contributed by atoms with Crippen molar-refractivity contribution in [2.75, 3.05) is 0 Å². The van der Waals surface area contributed by atoms with E-state index in [0.29, 0.717) is 12.0 Å². The average Bonchev–Trinajstić information content (AvgIpc) is 3.11. The van der Waals surface area contributed by atoms with Crippen LogP contribution in [0.5, 0.6) is 0 Å². The van der Waals surface area contributed by atoms with Crippen molar-refractivity contribution in [1.82, 2.24) is 14.6 Å². The molecular weight excluding hydrogens is 478 g/mol. The Labute approximate surface area is 226 Å². The first-order valence-electron chi connectivity index (χ1n) is 14.2. The molecule has 1 aromatic carbocycles. The van der Waals surface area contributed by atoms with Crippen LogP contribution in [0.15, 0.2) is 29.3 Å². The van der Waals surface area contributed by atoms with Crippen molar-refractivity contribution in [1.29, 1.82) is 0 Å². The van der Waals surface area contributed by atoms with Gasteiger partial charge in [-0.3, -0.25) is 4.79 Å². The van der Waals surface area contributed by atoms with Gasteiger partial charge in [-0.2, -0.15) is 0 Å². The number of carbonyl (C=O) groups excluding carboxylic acids is 1. The number of aromatic nitrogens is 1. The van der Waals surface area contributed by atoms with E-state index >= 15 is 0 Å². The summed E-state index contributed by atoms with van der Waals surface area (Å²) in [6.45, 7) is 14.7. The lowest BCUT2D eigenvalue weighted by atomic mass is 9.85. The van der Waals surface area contributed by atoms with Gasteiger partial charge in [-0.25, -0.2) is 8.93 Å². The van der Waals surface area contributed by atoms with E-state index < -0.39 is 11.0 Å². The Morgan fingerprint density at radius 2 is 1.68 bits per heavy atom. The fraction of sp³-hybridized carbons (Fsp3) is 0.645. The van der Waals surface area contributed by atoms with E-state index in [4.69, 9.17) is 0 Å². The largest absolute Gasteiger partial charge is 0.349 e. The maximum Gasteiger partial charge on any atom is 0.253 e. The van der Waals surface area contributed by atoms with Gasteiger partial charge in [0.25, 0.3) is 5.91 Å². The van der Waals surface area contributed by atoms with Crippen LogP contribution in [0.1, 0.15) is 120 Å². The lowest BCUT2D eigenvalue weighted by Gasteiger charge is -2.27. The molecule has 1 aromatic heterocycles. The Morgan fingerprint density at radius 1 is 1.00 bits per heavy atom. The van der Waals surface area contributed by atoms with Gasteiger partial charge < -0.3 is 9.88 Å². The van der Waals surface area contributed by atoms with Crippen LogP contribution in [-0.2, 0) is 22.8 Å². The quantitative estimate of drug-likeness (QED) is 0.413. The van der Waals surface area contributed by atoms with Crippen LogP contribution in [0.2, 0.25) is 0 Å². The Morgan fingerprint density at radius 3 is 2.24 bits per heavy atom. The van der Waals surface area contributed by atoms with E-state index in [1.54, 1.807) is 0 Å². The molecule has 1 heterocycles. The Hall–Kier alpha value is -1.92. The first kappa shape index (κ1) is 28.1. The zero-order chi connectivity index (χ0) is 27.0. The summed E-state index contributed by atoms with van der Waals surface area (Å²) in [4.78, 5) is 14.1. The monoisotopic (exact) mass is 525 g/mol. The molecule has 2 aliphatic rings. The third-order valence-corrected chi connectivity index (χ3v) is 9.48. The predicted octanol–water partition coefficient (Wildman–Crippen LogP) is 6.90. The lowest BCUT2D eigenvalue weighted by molar-refractivity contribution is 0.0916. The van der Waals surface area contributed by atoms with Gasteiger partial charge in [0.2, 0.25) is 0 Å². The minimum Gasteiger partial charge on any atom is -0.349 e. The summed E-state index contributed by atoms with van der Waals surface area (Å²) < 4.78 is 18.8. The molecule has 2 saturated carbocycles. The molecule has 2 aliphatic carbocycles. The molecule has 2 N–H and O–H groups in total. The topological polar surface area (TPSA) is 63.1 Å². The molecule has 0 spiro atoms. The molecule has 1 amide bonds. The molecule has 2 aromatic rings. The number of carbonyl (C=O) groups is 1. The molecule has 1 atom stereocenters. The highest BCUT2D eigenvalue weighted by atomic mass is 32.2. The highest BCUT2D eigenvalue weighted by Crippen LogP contribution is 2.34. The van der Waals surface area contributed by atoms with Crippen molar-refractivity contribution in [3.8, 4) is 5.69 Å². The first-order valence-corrected chi connectivity index (χ1v) is 15.3. The van der Waals surface area contributed by atoms with Gasteiger partial charge in [0.1, 0.15) is 11.0 Å². The van der Waals surface area contributed by atoms with Crippen molar-refractivity contribution >= 4 is 16.9 Å². The van der Waals surface area contributed by atoms with Crippen LogP contribution in [0.4, 0.5) is 0 Å². The number of amides is 1. The maximum atomic E-state index is 13.3. The van der Waals surface area contributed by atoms with Gasteiger partial charge in [-0.15, -0.1) is 0 Å². The van der Waals surface area contributed by atoms with Crippen LogP contribution in [0.25, 0.3) is 5.69 Å². The number of hydrogen-bond acceptors (Lipinski definition) is 2. The van der Waals surface area contributed by atoms with Crippen molar-refractivity contribution in [3.63, 3.8) is 0 Å². The number of nitrogens with one attached hydrogen (secondary N) is 2. The van der Waals surface area contributed by atoms with Gasteiger partial charge in [0.15, 0.2) is 0 Å². The Balaban J connectivity index is 1.76. The molecule has 2 fully saturated rings. The van der Waals surface area contributed by atoms with Crippen LogP contribution in [0.3, 0.4) is 0 Å². The summed E-state index contributed by atoms with van der Waals surface area (Å²) in [7, 11) is -1.32. The highest BCUT2D eigenvalue weighted by molar-refractivity contribution is 7.83. The smallest absolute Gasteiger partial charge is 0.253 e.